The van der Waals surface area contributed by atoms with Crippen molar-refractivity contribution in [2.24, 2.45) is 16.3 Å². The van der Waals surface area contributed by atoms with Crippen LogP contribution in [0.15, 0.2) is 5.16 Å². The van der Waals surface area contributed by atoms with Gasteiger partial charge in [-0.05, 0) is 26.7 Å². The van der Waals surface area contributed by atoms with E-state index in [1.165, 1.54) is 4.90 Å². The van der Waals surface area contributed by atoms with Crippen molar-refractivity contribution < 1.29 is 15.1 Å². The third-order valence-electron chi connectivity index (χ3n) is 3.81. The average Bonchev–Trinajstić information content (AvgIpc) is 2.38. The molecule has 0 aromatic heterocycles. The molecular weight excluding hydrogens is 234 g/mol. The number of amides is 1. The molecular formula is C12H25N3O3. The van der Waals surface area contributed by atoms with Gasteiger partial charge >= 0.3 is 0 Å². The van der Waals surface area contributed by atoms with Crippen LogP contribution in [0.4, 0.5) is 0 Å². The van der Waals surface area contributed by atoms with Crippen molar-refractivity contribution in [3.8, 4) is 0 Å². The number of hydrogen-bond acceptors (Lipinski definition) is 4. The number of aliphatic hydroxyl groups excluding tert-OH is 1. The van der Waals surface area contributed by atoms with Crippen LogP contribution in [-0.2, 0) is 4.79 Å². The van der Waals surface area contributed by atoms with E-state index in [2.05, 4.69) is 5.16 Å². The van der Waals surface area contributed by atoms with Gasteiger partial charge in [-0.15, -0.1) is 0 Å². The maximum Gasteiger partial charge on any atom is 0.236 e. The molecule has 1 amide bonds. The van der Waals surface area contributed by atoms with Gasteiger partial charge in [0.25, 0.3) is 0 Å². The summed E-state index contributed by atoms with van der Waals surface area (Å²) in [6.07, 6.45) is 0.869. The van der Waals surface area contributed by atoms with Crippen LogP contribution in [-0.4, -0.2) is 46.1 Å². The van der Waals surface area contributed by atoms with Gasteiger partial charge in [-0.1, -0.05) is 19.0 Å². The summed E-state index contributed by atoms with van der Waals surface area (Å²) in [7, 11) is 1.61. The lowest BCUT2D eigenvalue weighted by Gasteiger charge is -2.40. The molecule has 4 N–H and O–H groups in total. The van der Waals surface area contributed by atoms with Gasteiger partial charge in [0.2, 0.25) is 5.91 Å². The van der Waals surface area contributed by atoms with Gasteiger partial charge in [-0.2, -0.15) is 0 Å². The first kappa shape index (κ1) is 16.7. The number of oxime groups is 1. The zero-order chi connectivity index (χ0) is 14.6. The minimum atomic E-state index is -1.02. The molecule has 0 aliphatic heterocycles. The molecule has 0 aromatic carbocycles. The van der Waals surface area contributed by atoms with Gasteiger partial charge in [-0.25, -0.2) is 0 Å². The quantitative estimate of drug-likeness (QED) is 0.284. The highest BCUT2D eigenvalue weighted by Gasteiger charge is 2.44. The smallest absolute Gasteiger partial charge is 0.236 e. The second kappa shape index (κ2) is 6.04. The fraction of sp³-hybridized carbons (Fsp3) is 0.833. The molecule has 0 aliphatic carbocycles. The highest BCUT2D eigenvalue weighted by atomic mass is 16.4. The summed E-state index contributed by atoms with van der Waals surface area (Å²) < 4.78 is 0. The van der Waals surface area contributed by atoms with Crippen molar-refractivity contribution in [1.29, 1.82) is 0 Å². The van der Waals surface area contributed by atoms with Crippen molar-refractivity contribution in [2.45, 2.75) is 46.1 Å². The molecule has 0 spiro atoms. The number of aliphatic hydroxyl groups is 1. The minimum absolute atomic E-state index is 0.0851. The van der Waals surface area contributed by atoms with Crippen molar-refractivity contribution in [1.82, 2.24) is 4.90 Å². The molecule has 0 radical (unpaired) electrons. The second-order valence-electron chi connectivity index (χ2n) is 5.11. The topological polar surface area (TPSA) is 99.2 Å². The van der Waals surface area contributed by atoms with Crippen molar-refractivity contribution >= 4 is 11.7 Å². The number of hydrogen-bond donors (Lipinski definition) is 3. The fourth-order valence-electron chi connectivity index (χ4n) is 1.82. The lowest BCUT2D eigenvalue weighted by Crippen LogP contribution is -2.56. The van der Waals surface area contributed by atoms with Crippen molar-refractivity contribution in [3.63, 3.8) is 0 Å². The highest BCUT2D eigenvalue weighted by molar-refractivity contribution is 6.06. The molecule has 0 fully saturated rings. The first-order chi connectivity index (χ1) is 8.23. The van der Waals surface area contributed by atoms with E-state index < -0.39 is 11.0 Å². The van der Waals surface area contributed by atoms with Crippen LogP contribution in [0, 0.1) is 5.41 Å². The SMILES string of the molecule is CCC(CC)(C(=O)N(C)C(C)(C)CO)C(N)=NO. The highest BCUT2D eigenvalue weighted by Crippen LogP contribution is 2.31. The van der Waals surface area contributed by atoms with E-state index in [1.807, 2.05) is 13.8 Å². The first-order valence-electron chi connectivity index (χ1n) is 6.10. The zero-order valence-electron chi connectivity index (χ0n) is 11.9. The number of rotatable bonds is 6. The summed E-state index contributed by atoms with van der Waals surface area (Å²) in [4.78, 5) is 14.0. The molecule has 18 heavy (non-hydrogen) atoms. The van der Waals surface area contributed by atoms with E-state index in [9.17, 15) is 9.90 Å². The van der Waals surface area contributed by atoms with Crippen LogP contribution >= 0.6 is 0 Å². The van der Waals surface area contributed by atoms with Crippen LogP contribution in [0.2, 0.25) is 0 Å². The summed E-state index contributed by atoms with van der Waals surface area (Å²) in [5, 5.41) is 21.2. The zero-order valence-corrected chi connectivity index (χ0v) is 11.9. The Bertz CT molecular complexity index is 323. The summed E-state index contributed by atoms with van der Waals surface area (Å²) >= 11 is 0. The molecule has 0 aromatic rings. The maximum absolute atomic E-state index is 12.6. The first-order valence-corrected chi connectivity index (χ1v) is 6.10. The van der Waals surface area contributed by atoms with Gasteiger partial charge in [0, 0.05) is 7.05 Å². The Morgan fingerprint density at radius 3 is 2.06 bits per heavy atom. The van der Waals surface area contributed by atoms with Crippen LogP contribution < -0.4 is 5.73 Å². The number of carbonyl (C=O) groups is 1. The van der Waals surface area contributed by atoms with Gasteiger partial charge in [0.15, 0.2) is 5.84 Å². The molecule has 0 atom stereocenters. The number of nitrogens with zero attached hydrogens (tertiary/aromatic N) is 2. The van der Waals surface area contributed by atoms with Crippen LogP contribution in [0.5, 0.6) is 0 Å². The van der Waals surface area contributed by atoms with Gasteiger partial charge in [0.1, 0.15) is 5.41 Å². The van der Waals surface area contributed by atoms with Crippen LogP contribution in [0.25, 0.3) is 0 Å². The molecule has 0 rings (SSSR count). The lowest BCUT2D eigenvalue weighted by atomic mass is 9.78. The summed E-state index contributed by atoms with van der Waals surface area (Å²) in [6, 6.07) is 0. The Morgan fingerprint density at radius 2 is 1.78 bits per heavy atom. The predicted molar refractivity (Wildman–Crippen MR) is 70.4 cm³/mol. The molecule has 0 saturated carbocycles. The Hall–Kier alpha value is -1.30. The molecule has 0 bridgehead atoms. The molecule has 0 unspecified atom stereocenters. The normalized spacial score (nSPS) is 13.6. The average molecular weight is 259 g/mol. The molecule has 6 nitrogen and oxygen atoms in total. The van der Waals surface area contributed by atoms with E-state index in [0.717, 1.165) is 0 Å². The second-order valence-corrected chi connectivity index (χ2v) is 5.11. The van der Waals surface area contributed by atoms with E-state index in [0.29, 0.717) is 12.8 Å². The maximum atomic E-state index is 12.6. The van der Waals surface area contributed by atoms with E-state index >= 15 is 0 Å². The summed E-state index contributed by atoms with van der Waals surface area (Å²) in [5.74, 6) is -0.333. The van der Waals surface area contributed by atoms with E-state index in [1.54, 1.807) is 20.9 Å². The number of likely N-dealkylation sites (N-methyl/N-ethyl adjacent to an activating group) is 1. The largest absolute Gasteiger partial charge is 0.409 e. The Morgan fingerprint density at radius 1 is 1.33 bits per heavy atom. The summed E-state index contributed by atoms with van der Waals surface area (Å²) in [5.41, 5.74) is 3.98. The van der Waals surface area contributed by atoms with Gasteiger partial charge < -0.3 is 20.9 Å². The van der Waals surface area contributed by atoms with Crippen LogP contribution in [0.1, 0.15) is 40.5 Å². The Kier molecular flexibility index (Phi) is 5.60. The van der Waals surface area contributed by atoms with Gasteiger partial charge in [-0.3, -0.25) is 4.79 Å². The molecule has 0 aliphatic rings. The molecule has 106 valence electrons. The third kappa shape index (κ3) is 2.75. The van der Waals surface area contributed by atoms with Crippen molar-refractivity contribution in [3.05, 3.63) is 0 Å². The molecule has 0 heterocycles. The minimum Gasteiger partial charge on any atom is -0.409 e. The van der Waals surface area contributed by atoms with E-state index in [-0.39, 0.29) is 18.3 Å². The number of nitrogens with two attached hydrogens (primary N) is 1. The third-order valence-corrected chi connectivity index (χ3v) is 3.81. The Balaban J connectivity index is 5.49. The predicted octanol–water partition coefficient (Wildman–Crippen LogP) is 0.769. The molecule has 6 heteroatoms. The van der Waals surface area contributed by atoms with Gasteiger partial charge in [0.05, 0.1) is 12.1 Å². The van der Waals surface area contributed by atoms with Crippen molar-refractivity contribution in [2.75, 3.05) is 13.7 Å². The summed E-state index contributed by atoms with van der Waals surface area (Å²) in [6.45, 7) is 6.99. The van der Waals surface area contributed by atoms with Crippen LogP contribution in [0.3, 0.4) is 0 Å². The van der Waals surface area contributed by atoms with E-state index in [4.69, 9.17) is 10.9 Å². The number of carbonyl (C=O) groups excluding carboxylic acids is 1. The monoisotopic (exact) mass is 259 g/mol. The standard InChI is InChI=1S/C12H25N3O3/c1-6-12(7-2,9(13)14-18)10(17)15(5)11(3,4)8-16/h16,18H,6-8H2,1-5H3,(H2,13,14). The lowest BCUT2D eigenvalue weighted by molar-refractivity contribution is -0.143. The Labute approximate surface area is 108 Å². The fourth-order valence-corrected chi connectivity index (χ4v) is 1.82. The number of amidine groups is 1. The molecule has 0 saturated heterocycles.